The lowest BCUT2D eigenvalue weighted by Gasteiger charge is -2.24. The van der Waals surface area contributed by atoms with Crippen LogP contribution in [0, 0.1) is 11.8 Å². The van der Waals surface area contributed by atoms with Gasteiger partial charge in [0, 0.05) is 12.1 Å². The summed E-state index contributed by atoms with van der Waals surface area (Å²) in [5, 5.41) is 11.4. The largest absolute Gasteiger partial charge is 0.433 e. The summed E-state index contributed by atoms with van der Waals surface area (Å²) in [5.74, 6) is 4.97. The third kappa shape index (κ3) is 8.22. The van der Waals surface area contributed by atoms with Crippen molar-refractivity contribution in [1.29, 1.82) is 0 Å². The first kappa shape index (κ1) is 30.8. The Morgan fingerprint density at radius 3 is 2.46 bits per heavy atom. The second kappa shape index (κ2) is 12.0. The number of sulfonamides is 1. The molecule has 1 aliphatic heterocycles. The monoisotopic (exact) mass is 637 g/mol. The zero-order valence-electron chi connectivity index (χ0n) is 21.1. The first-order valence-corrected chi connectivity index (χ1v) is 16.2. The molecule has 0 spiro atoms. The van der Waals surface area contributed by atoms with Crippen molar-refractivity contribution >= 4 is 52.7 Å². The summed E-state index contributed by atoms with van der Waals surface area (Å²) in [4.78, 5) is -0.292. The molecule has 0 radical (unpaired) electrons. The van der Waals surface area contributed by atoms with Crippen LogP contribution in [0.15, 0.2) is 41.3 Å². The smallest absolute Gasteiger partial charge is 0.393 e. The summed E-state index contributed by atoms with van der Waals surface area (Å²) in [7, 11) is -7.28. The van der Waals surface area contributed by atoms with Gasteiger partial charge in [-0.3, -0.25) is 0 Å². The number of thiophene rings is 1. The molecular formula is C25H24F5N3O5S3. The van der Waals surface area contributed by atoms with Gasteiger partial charge in [-0.1, -0.05) is 24.0 Å². The van der Waals surface area contributed by atoms with Crippen LogP contribution in [0.5, 0.6) is 5.75 Å². The molecule has 2 heterocycles. The number of halogens is 5. The Balaban J connectivity index is 1.61. The van der Waals surface area contributed by atoms with Gasteiger partial charge in [0.25, 0.3) is 0 Å². The molecule has 222 valence electrons. The van der Waals surface area contributed by atoms with E-state index in [2.05, 4.69) is 27.2 Å². The predicted octanol–water partition coefficient (Wildman–Crippen LogP) is 4.71. The molecule has 0 bridgehead atoms. The molecule has 1 aliphatic rings. The minimum absolute atomic E-state index is 0.0147. The van der Waals surface area contributed by atoms with Gasteiger partial charge in [0.2, 0.25) is 10.0 Å². The van der Waals surface area contributed by atoms with E-state index in [-0.39, 0.29) is 40.2 Å². The van der Waals surface area contributed by atoms with Gasteiger partial charge in [-0.25, -0.2) is 22.0 Å². The number of ether oxygens (including phenoxy) is 1. The summed E-state index contributed by atoms with van der Waals surface area (Å²) < 4.78 is 118. The van der Waals surface area contributed by atoms with Crippen molar-refractivity contribution in [3.8, 4) is 17.6 Å². The Hall–Kier alpha value is -3.13. The van der Waals surface area contributed by atoms with Crippen LogP contribution in [-0.2, 0) is 26.3 Å². The van der Waals surface area contributed by atoms with E-state index in [4.69, 9.17) is 5.14 Å². The highest BCUT2D eigenvalue weighted by Gasteiger charge is 2.31. The minimum atomic E-state index is -4.52. The lowest BCUT2D eigenvalue weighted by Crippen LogP contribution is -2.32. The number of sulfone groups is 1. The number of benzene rings is 2. The first-order chi connectivity index (χ1) is 19.1. The summed E-state index contributed by atoms with van der Waals surface area (Å²) in [6.07, 6.45) is -4.98. The van der Waals surface area contributed by atoms with Gasteiger partial charge < -0.3 is 15.4 Å². The zero-order chi connectivity index (χ0) is 30.0. The summed E-state index contributed by atoms with van der Waals surface area (Å²) in [6, 6.07) is 7.80. The maximum atomic E-state index is 13.5. The van der Waals surface area contributed by atoms with Crippen LogP contribution >= 0.6 is 11.3 Å². The third-order valence-electron chi connectivity index (χ3n) is 6.18. The van der Waals surface area contributed by atoms with Gasteiger partial charge in [0.05, 0.1) is 50.3 Å². The van der Waals surface area contributed by atoms with E-state index in [9.17, 15) is 38.8 Å². The SMILES string of the molecule is NS(=O)(=O)c1ccc(NCC#Cc2sc3c(NC4CCS(=O)(=O)CC4)cccc3c2CC(F)(F)F)c(OC(F)F)c1. The highest BCUT2D eigenvalue weighted by atomic mass is 32.2. The van der Waals surface area contributed by atoms with Crippen LogP contribution in [0.25, 0.3) is 10.1 Å². The zero-order valence-corrected chi connectivity index (χ0v) is 23.5. The van der Waals surface area contributed by atoms with Gasteiger partial charge in [-0.05, 0) is 42.0 Å². The molecule has 0 amide bonds. The molecule has 3 aromatic rings. The fourth-order valence-corrected chi connectivity index (χ4v) is 7.49. The molecule has 4 N–H and O–H groups in total. The van der Waals surface area contributed by atoms with E-state index in [1.807, 2.05) is 0 Å². The molecule has 0 saturated carbocycles. The number of alkyl halides is 5. The van der Waals surface area contributed by atoms with E-state index >= 15 is 0 Å². The number of anilines is 2. The van der Waals surface area contributed by atoms with Gasteiger partial charge >= 0.3 is 12.8 Å². The van der Waals surface area contributed by atoms with Gasteiger partial charge in [0.1, 0.15) is 9.84 Å². The van der Waals surface area contributed by atoms with E-state index in [1.54, 1.807) is 18.2 Å². The molecule has 1 aromatic heterocycles. The number of rotatable bonds is 8. The average Bonchev–Trinajstić information content (AvgIpc) is 3.19. The molecule has 0 aliphatic carbocycles. The predicted molar refractivity (Wildman–Crippen MR) is 147 cm³/mol. The van der Waals surface area contributed by atoms with Crippen LogP contribution in [0.3, 0.4) is 0 Å². The fourth-order valence-electron chi connectivity index (χ4n) is 4.30. The number of fused-ring (bicyclic) bond motifs is 1. The summed E-state index contributed by atoms with van der Waals surface area (Å²) >= 11 is 1.06. The molecule has 0 atom stereocenters. The van der Waals surface area contributed by atoms with Crippen molar-refractivity contribution in [3.05, 3.63) is 46.8 Å². The van der Waals surface area contributed by atoms with Crippen molar-refractivity contribution in [2.75, 3.05) is 28.7 Å². The van der Waals surface area contributed by atoms with E-state index in [1.165, 1.54) is 0 Å². The average molecular weight is 638 g/mol. The number of hydrogen-bond donors (Lipinski definition) is 3. The first-order valence-electron chi connectivity index (χ1n) is 12.0. The van der Waals surface area contributed by atoms with Gasteiger partial charge in [0.15, 0.2) is 5.75 Å². The summed E-state index contributed by atoms with van der Waals surface area (Å²) in [6.45, 7) is -3.46. The quantitative estimate of drug-likeness (QED) is 0.241. The van der Waals surface area contributed by atoms with Crippen LogP contribution in [0.2, 0.25) is 0 Å². The molecule has 2 aromatic carbocycles. The summed E-state index contributed by atoms with van der Waals surface area (Å²) in [5.41, 5.74) is 0.536. The maximum absolute atomic E-state index is 13.5. The molecular weight excluding hydrogens is 613 g/mol. The highest BCUT2D eigenvalue weighted by molar-refractivity contribution is 7.91. The molecule has 8 nitrogen and oxygen atoms in total. The Morgan fingerprint density at radius 2 is 1.83 bits per heavy atom. The number of primary sulfonamides is 1. The van der Waals surface area contributed by atoms with E-state index in [0.717, 1.165) is 29.5 Å². The second-order valence-corrected chi connectivity index (χ2v) is 14.1. The maximum Gasteiger partial charge on any atom is 0.393 e. The van der Waals surface area contributed by atoms with Crippen LogP contribution < -0.4 is 20.5 Å². The van der Waals surface area contributed by atoms with Crippen molar-refractivity contribution in [3.63, 3.8) is 0 Å². The Labute approximate surface area is 237 Å². The number of nitrogens with two attached hydrogens (primary N) is 1. The van der Waals surface area contributed by atoms with Crippen molar-refractivity contribution in [2.45, 2.75) is 43.0 Å². The van der Waals surface area contributed by atoms with Crippen LogP contribution in [0.1, 0.15) is 23.3 Å². The Kier molecular flexibility index (Phi) is 9.02. The van der Waals surface area contributed by atoms with E-state index < -0.39 is 49.7 Å². The molecule has 16 heteroatoms. The van der Waals surface area contributed by atoms with Crippen molar-refractivity contribution < 1.29 is 43.5 Å². The van der Waals surface area contributed by atoms with Gasteiger partial charge in [-0.15, -0.1) is 11.3 Å². The Morgan fingerprint density at radius 1 is 1.12 bits per heavy atom. The van der Waals surface area contributed by atoms with Crippen LogP contribution in [-0.4, -0.2) is 53.7 Å². The normalized spacial score (nSPS) is 15.9. The van der Waals surface area contributed by atoms with Crippen molar-refractivity contribution in [2.24, 2.45) is 5.14 Å². The third-order valence-corrected chi connectivity index (χ3v) is 10.00. The van der Waals surface area contributed by atoms with Crippen LogP contribution in [0.4, 0.5) is 33.3 Å². The number of hydrogen-bond acceptors (Lipinski definition) is 8. The van der Waals surface area contributed by atoms with E-state index in [0.29, 0.717) is 28.6 Å². The minimum Gasteiger partial charge on any atom is -0.433 e. The Bertz CT molecular complexity index is 1700. The number of nitrogens with one attached hydrogen (secondary N) is 2. The van der Waals surface area contributed by atoms with Crippen molar-refractivity contribution in [1.82, 2.24) is 0 Å². The molecule has 4 rings (SSSR count). The molecule has 1 saturated heterocycles. The molecule has 41 heavy (non-hydrogen) atoms. The topological polar surface area (TPSA) is 128 Å². The molecule has 1 fully saturated rings. The fraction of sp³-hybridized carbons (Fsp3) is 0.360. The standard InChI is InChI=1S/C25H24F5N3O5S3/c26-24(27)38-21-13-16(41(31,36)37)6-7-19(21)32-10-2-5-22-18(14-25(28,29)30)17-3-1-4-20(23(17)39-22)33-15-8-11-40(34,35)12-9-15/h1,3-4,6-7,13,15,24,32-33H,8-12,14H2,(H2,31,36,37). The highest BCUT2D eigenvalue weighted by Crippen LogP contribution is 2.39. The lowest BCUT2D eigenvalue weighted by molar-refractivity contribution is -0.127. The lowest BCUT2D eigenvalue weighted by atomic mass is 10.1. The van der Waals surface area contributed by atoms with Gasteiger partial charge in [-0.2, -0.15) is 22.0 Å². The second-order valence-electron chi connectivity index (χ2n) is 9.19. The molecule has 0 unspecified atom stereocenters.